The first-order valence-electron chi connectivity index (χ1n) is 5.93. The fourth-order valence-corrected chi connectivity index (χ4v) is 2.75. The third kappa shape index (κ3) is 5.94. The van der Waals surface area contributed by atoms with Gasteiger partial charge in [0.05, 0.1) is 18.1 Å². The summed E-state index contributed by atoms with van der Waals surface area (Å²) in [5.74, 6) is -0.655. The minimum atomic E-state index is -3.17. The largest absolute Gasteiger partial charge is 0.384 e. The highest BCUT2D eigenvalue weighted by molar-refractivity contribution is 7.91. The molecule has 4 nitrogen and oxygen atoms in total. The second-order valence-electron chi connectivity index (χ2n) is 4.18. The molecule has 0 bridgehead atoms. The minimum Gasteiger partial charge on any atom is -0.384 e. The number of hydrogen-bond acceptors (Lipinski definition) is 4. The van der Waals surface area contributed by atoms with Gasteiger partial charge in [-0.1, -0.05) is 0 Å². The summed E-state index contributed by atoms with van der Waals surface area (Å²) in [6, 6.07) is 5.22. The Morgan fingerprint density at radius 3 is 2.42 bits per heavy atom. The predicted molar refractivity (Wildman–Crippen MR) is 70.5 cm³/mol. The van der Waals surface area contributed by atoms with Crippen LogP contribution in [0.15, 0.2) is 24.3 Å². The van der Waals surface area contributed by atoms with E-state index in [-0.39, 0.29) is 36.7 Å². The Hall–Kier alpha value is -1.27. The average molecular weight is 288 g/mol. The standard InChI is InChI=1S/C13H17FO4S/c1-18-8-10-19(16,17)9-2-3-13(15)11-4-6-12(14)7-5-11/h4-7H,2-3,8-10H2,1H3. The zero-order valence-electron chi connectivity index (χ0n) is 10.8. The summed E-state index contributed by atoms with van der Waals surface area (Å²) < 4.78 is 40.4. The second-order valence-corrected chi connectivity index (χ2v) is 6.48. The molecule has 0 amide bonds. The molecule has 0 heterocycles. The molecular formula is C13H17FO4S. The summed E-state index contributed by atoms with van der Waals surface area (Å²) in [6.07, 6.45) is 0.403. The maximum Gasteiger partial charge on any atom is 0.162 e. The zero-order valence-corrected chi connectivity index (χ0v) is 11.6. The van der Waals surface area contributed by atoms with Gasteiger partial charge in [-0.05, 0) is 30.7 Å². The van der Waals surface area contributed by atoms with Crippen LogP contribution in [-0.2, 0) is 14.6 Å². The van der Waals surface area contributed by atoms with Crippen molar-refractivity contribution in [3.05, 3.63) is 35.6 Å². The molecule has 0 aliphatic heterocycles. The van der Waals surface area contributed by atoms with E-state index >= 15 is 0 Å². The highest BCUT2D eigenvalue weighted by atomic mass is 32.2. The number of benzene rings is 1. The molecule has 0 spiro atoms. The Labute approximate surface area is 112 Å². The van der Waals surface area contributed by atoms with E-state index in [1.165, 1.54) is 31.4 Å². The van der Waals surface area contributed by atoms with Gasteiger partial charge in [-0.25, -0.2) is 12.8 Å². The molecule has 106 valence electrons. The fourth-order valence-electron chi connectivity index (χ4n) is 1.55. The Balaban J connectivity index is 2.41. The highest BCUT2D eigenvalue weighted by Crippen LogP contribution is 2.08. The number of rotatable bonds is 8. The van der Waals surface area contributed by atoms with Crippen LogP contribution in [0.1, 0.15) is 23.2 Å². The molecule has 1 rings (SSSR count). The number of ether oxygens (including phenoxy) is 1. The number of carbonyl (C=O) groups excluding carboxylic acids is 1. The smallest absolute Gasteiger partial charge is 0.162 e. The van der Waals surface area contributed by atoms with Gasteiger partial charge in [0.25, 0.3) is 0 Å². The number of methoxy groups -OCH3 is 1. The third-order valence-electron chi connectivity index (χ3n) is 2.62. The Morgan fingerprint density at radius 2 is 1.84 bits per heavy atom. The first-order valence-corrected chi connectivity index (χ1v) is 7.75. The van der Waals surface area contributed by atoms with Crippen molar-refractivity contribution in [2.75, 3.05) is 25.2 Å². The summed E-state index contributed by atoms with van der Waals surface area (Å²) in [5.41, 5.74) is 0.399. The van der Waals surface area contributed by atoms with E-state index in [1.807, 2.05) is 0 Å². The summed E-state index contributed by atoms with van der Waals surface area (Å²) in [4.78, 5) is 11.7. The van der Waals surface area contributed by atoms with Crippen LogP contribution < -0.4 is 0 Å². The van der Waals surface area contributed by atoms with Gasteiger partial charge in [0.1, 0.15) is 5.82 Å². The molecule has 0 saturated carbocycles. The summed E-state index contributed by atoms with van der Waals surface area (Å²) in [5, 5.41) is 0. The van der Waals surface area contributed by atoms with E-state index in [9.17, 15) is 17.6 Å². The fraction of sp³-hybridized carbons (Fsp3) is 0.462. The Morgan fingerprint density at radius 1 is 1.21 bits per heavy atom. The molecule has 0 aliphatic rings. The van der Waals surface area contributed by atoms with Gasteiger partial charge in [0, 0.05) is 19.1 Å². The molecule has 0 N–H and O–H groups in total. The van der Waals surface area contributed by atoms with Crippen LogP contribution >= 0.6 is 0 Å². The van der Waals surface area contributed by atoms with Crippen LogP contribution in [0, 0.1) is 5.82 Å². The molecule has 6 heteroatoms. The number of Topliss-reactive ketones (excluding diaryl/α,β-unsaturated/α-hetero) is 1. The predicted octanol–water partition coefficient (Wildman–Crippen LogP) is 1.85. The zero-order chi connectivity index (χ0) is 14.3. The van der Waals surface area contributed by atoms with Gasteiger partial charge in [0.2, 0.25) is 0 Å². The van der Waals surface area contributed by atoms with Crippen molar-refractivity contribution in [3.8, 4) is 0 Å². The maximum atomic E-state index is 12.7. The molecule has 0 aliphatic carbocycles. The SMILES string of the molecule is COCCS(=O)(=O)CCCC(=O)c1ccc(F)cc1. The van der Waals surface area contributed by atoms with Crippen LogP contribution in [0.3, 0.4) is 0 Å². The van der Waals surface area contributed by atoms with Gasteiger partial charge in [-0.3, -0.25) is 4.79 Å². The lowest BCUT2D eigenvalue weighted by atomic mass is 10.1. The molecular weight excluding hydrogens is 271 g/mol. The number of ketones is 1. The third-order valence-corrected chi connectivity index (χ3v) is 4.32. The van der Waals surface area contributed by atoms with Crippen LogP contribution in [-0.4, -0.2) is 39.4 Å². The van der Waals surface area contributed by atoms with Crippen molar-refractivity contribution in [1.29, 1.82) is 0 Å². The Kier molecular flexibility index (Phi) is 6.11. The van der Waals surface area contributed by atoms with Crippen LogP contribution in [0.5, 0.6) is 0 Å². The number of carbonyl (C=O) groups is 1. The molecule has 1 aromatic carbocycles. The first kappa shape index (κ1) is 15.8. The van der Waals surface area contributed by atoms with Gasteiger partial charge in [0.15, 0.2) is 15.6 Å². The lowest BCUT2D eigenvalue weighted by Gasteiger charge is -2.04. The topological polar surface area (TPSA) is 60.4 Å². The molecule has 1 aromatic rings. The van der Waals surface area contributed by atoms with E-state index < -0.39 is 15.7 Å². The van der Waals surface area contributed by atoms with Gasteiger partial charge in [-0.2, -0.15) is 0 Å². The maximum absolute atomic E-state index is 12.7. The molecule has 19 heavy (non-hydrogen) atoms. The summed E-state index contributed by atoms with van der Waals surface area (Å²) in [6.45, 7) is 0.161. The van der Waals surface area contributed by atoms with E-state index in [1.54, 1.807) is 0 Å². The second kappa shape index (κ2) is 7.35. The van der Waals surface area contributed by atoms with Crippen molar-refractivity contribution >= 4 is 15.6 Å². The first-order chi connectivity index (χ1) is 8.94. The van der Waals surface area contributed by atoms with Crippen molar-refractivity contribution in [2.45, 2.75) is 12.8 Å². The van der Waals surface area contributed by atoms with E-state index in [4.69, 9.17) is 4.74 Å². The van der Waals surface area contributed by atoms with Crippen molar-refractivity contribution in [3.63, 3.8) is 0 Å². The Bertz CT molecular complexity index is 508. The molecule has 0 aromatic heterocycles. The van der Waals surface area contributed by atoms with Gasteiger partial charge < -0.3 is 4.74 Å². The van der Waals surface area contributed by atoms with Gasteiger partial charge >= 0.3 is 0 Å². The molecule has 0 atom stereocenters. The number of sulfone groups is 1. The number of halogens is 1. The van der Waals surface area contributed by atoms with E-state index in [2.05, 4.69) is 0 Å². The lowest BCUT2D eigenvalue weighted by molar-refractivity contribution is 0.0982. The summed E-state index contributed by atoms with van der Waals surface area (Å²) >= 11 is 0. The van der Waals surface area contributed by atoms with Crippen LogP contribution in [0.25, 0.3) is 0 Å². The van der Waals surface area contributed by atoms with Crippen molar-refractivity contribution in [1.82, 2.24) is 0 Å². The monoisotopic (exact) mass is 288 g/mol. The molecule has 0 saturated heterocycles. The quantitative estimate of drug-likeness (QED) is 0.685. The van der Waals surface area contributed by atoms with E-state index in [0.717, 1.165) is 0 Å². The minimum absolute atomic E-state index is 0.0335. The van der Waals surface area contributed by atoms with E-state index in [0.29, 0.717) is 5.56 Å². The van der Waals surface area contributed by atoms with Crippen LogP contribution in [0.2, 0.25) is 0 Å². The summed E-state index contributed by atoms with van der Waals surface area (Å²) in [7, 11) is -1.73. The normalized spacial score (nSPS) is 11.5. The van der Waals surface area contributed by atoms with Crippen molar-refractivity contribution < 1.29 is 22.3 Å². The lowest BCUT2D eigenvalue weighted by Crippen LogP contribution is -2.15. The highest BCUT2D eigenvalue weighted by Gasteiger charge is 2.12. The number of hydrogen-bond donors (Lipinski definition) is 0. The van der Waals surface area contributed by atoms with Crippen molar-refractivity contribution in [2.24, 2.45) is 0 Å². The van der Waals surface area contributed by atoms with Gasteiger partial charge in [-0.15, -0.1) is 0 Å². The molecule has 0 fully saturated rings. The average Bonchev–Trinajstić information content (AvgIpc) is 2.37. The molecule has 0 unspecified atom stereocenters. The van der Waals surface area contributed by atoms with Crippen LogP contribution in [0.4, 0.5) is 4.39 Å². The molecule has 0 radical (unpaired) electrons.